The number of hydrogen-bond donors (Lipinski definition) is 0. The summed E-state index contributed by atoms with van der Waals surface area (Å²) in [6.45, 7) is 8.83. The van der Waals surface area contributed by atoms with Crippen molar-refractivity contribution >= 4 is 11.4 Å². The van der Waals surface area contributed by atoms with Crippen LogP contribution in [-0.2, 0) is 14.2 Å². The molecule has 2 atom stereocenters. The van der Waals surface area contributed by atoms with Crippen molar-refractivity contribution in [2.24, 2.45) is 0 Å². The molecule has 1 saturated heterocycles. The SMILES string of the molecule is CC(C)OC1CN(c2ccccc2[N+]#N)C(OC(C)C)CO1. The highest BCUT2D eigenvalue weighted by atomic mass is 16.7. The minimum absolute atomic E-state index is 0.0666. The predicted molar refractivity (Wildman–Crippen MR) is 84.5 cm³/mol. The maximum atomic E-state index is 9.22. The molecule has 0 amide bonds. The first-order valence-electron chi connectivity index (χ1n) is 7.64. The van der Waals surface area contributed by atoms with Crippen LogP contribution in [0.3, 0.4) is 0 Å². The summed E-state index contributed by atoms with van der Waals surface area (Å²) in [5, 5.41) is 9.22. The number of para-hydroxylation sites is 1. The number of nitrogens with zero attached hydrogens (tertiary/aromatic N) is 3. The highest BCUT2D eigenvalue weighted by Crippen LogP contribution is 2.32. The van der Waals surface area contributed by atoms with Crippen molar-refractivity contribution in [2.45, 2.75) is 52.4 Å². The van der Waals surface area contributed by atoms with E-state index in [9.17, 15) is 5.39 Å². The lowest BCUT2D eigenvalue weighted by molar-refractivity contribution is -0.200. The molecule has 0 N–H and O–H groups in total. The lowest BCUT2D eigenvalue weighted by atomic mass is 10.2. The van der Waals surface area contributed by atoms with Crippen LogP contribution in [0.4, 0.5) is 11.4 Å². The summed E-state index contributed by atoms with van der Waals surface area (Å²) in [5.74, 6) is 0. The Morgan fingerprint density at radius 2 is 1.86 bits per heavy atom. The number of diazo groups is 1. The standard InChI is InChI=1S/C16H24N3O3/c1-11(2)21-15-10-20-16(22-12(3)4)9-19(15)14-8-6-5-7-13(14)18-17/h5-8,11-12,15-16H,9-10H2,1-4H3/q+1. The molecule has 0 radical (unpaired) electrons. The summed E-state index contributed by atoms with van der Waals surface area (Å²) in [6.07, 6.45) is -0.433. The van der Waals surface area contributed by atoms with Gasteiger partial charge in [-0.15, -0.1) is 0 Å². The molecule has 0 saturated carbocycles. The highest BCUT2D eigenvalue weighted by molar-refractivity contribution is 5.70. The summed E-state index contributed by atoms with van der Waals surface area (Å²) >= 11 is 0. The van der Waals surface area contributed by atoms with Gasteiger partial charge in [-0.2, -0.15) is 0 Å². The first-order chi connectivity index (χ1) is 10.5. The van der Waals surface area contributed by atoms with Crippen molar-refractivity contribution in [1.82, 2.24) is 0 Å². The van der Waals surface area contributed by atoms with Gasteiger partial charge in [0.2, 0.25) is 5.39 Å². The fourth-order valence-corrected chi connectivity index (χ4v) is 2.47. The van der Waals surface area contributed by atoms with Gasteiger partial charge in [-0.05, 0) is 33.8 Å². The van der Waals surface area contributed by atoms with E-state index in [1.54, 1.807) is 6.07 Å². The number of hydrogen-bond acceptors (Lipinski definition) is 5. The van der Waals surface area contributed by atoms with E-state index in [2.05, 4.69) is 4.98 Å². The third-order valence-corrected chi connectivity index (χ3v) is 3.27. The Morgan fingerprint density at radius 1 is 1.18 bits per heavy atom. The van der Waals surface area contributed by atoms with Crippen LogP contribution in [0.2, 0.25) is 0 Å². The van der Waals surface area contributed by atoms with E-state index in [1.165, 1.54) is 0 Å². The molecule has 1 aromatic rings. The van der Waals surface area contributed by atoms with Crippen molar-refractivity contribution in [3.8, 4) is 0 Å². The van der Waals surface area contributed by atoms with Gasteiger partial charge in [0.1, 0.15) is 5.69 Å². The monoisotopic (exact) mass is 306 g/mol. The van der Waals surface area contributed by atoms with Gasteiger partial charge in [0.15, 0.2) is 17.5 Å². The number of benzene rings is 1. The average Bonchev–Trinajstić information content (AvgIpc) is 2.47. The Balaban J connectivity index is 2.25. The Kier molecular flexibility index (Phi) is 5.72. The van der Waals surface area contributed by atoms with Crippen molar-refractivity contribution in [3.05, 3.63) is 29.2 Å². The Bertz CT molecular complexity index is 528. The summed E-state index contributed by atoms with van der Waals surface area (Å²) in [7, 11) is 0. The molecule has 120 valence electrons. The van der Waals surface area contributed by atoms with Crippen LogP contribution >= 0.6 is 0 Å². The maximum Gasteiger partial charge on any atom is 0.408 e. The molecule has 0 spiro atoms. The molecule has 1 aliphatic heterocycles. The molecule has 6 heteroatoms. The largest absolute Gasteiger partial charge is 0.408 e. The fraction of sp³-hybridized carbons (Fsp3) is 0.625. The molecule has 1 aromatic carbocycles. The lowest BCUT2D eigenvalue weighted by Gasteiger charge is -2.40. The molecule has 1 aliphatic rings. The van der Waals surface area contributed by atoms with E-state index < -0.39 is 0 Å². The second kappa shape index (κ2) is 7.54. The first kappa shape index (κ1) is 16.7. The topological polar surface area (TPSA) is 59.1 Å². The summed E-state index contributed by atoms with van der Waals surface area (Å²) in [6, 6.07) is 7.41. The van der Waals surface area contributed by atoms with Crippen LogP contribution in [0.15, 0.2) is 24.3 Å². The number of anilines is 1. The molecular formula is C16H24N3O3+. The van der Waals surface area contributed by atoms with Gasteiger partial charge in [0.05, 0.1) is 25.4 Å². The van der Waals surface area contributed by atoms with E-state index in [4.69, 9.17) is 14.2 Å². The zero-order valence-corrected chi connectivity index (χ0v) is 13.6. The normalized spacial score (nSPS) is 22.1. The summed E-state index contributed by atoms with van der Waals surface area (Å²) in [4.78, 5) is 5.40. The zero-order chi connectivity index (χ0) is 16.1. The van der Waals surface area contributed by atoms with E-state index in [1.807, 2.05) is 50.8 Å². The molecule has 6 nitrogen and oxygen atoms in total. The second-order valence-corrected chi connectivity index (χ2v) is 5.83. The first-order valence-corrected chi connectivity index (χ1v) is 7.64. The van der Waals surface area contributed by atoms with Gasteiger partial charge >= 0.3 is 5.69 Å². The average molecular weight is 306 g/mol. The quantitative estimate of drug-likeness (QED) is 0.779. The van der Waals surface area contributed by atoms with Gasteiger partial charge in [-0.25, -0.2) is 0 Å². The second-order valence-electron chi connectivity index (χ2n) is 5.83. The Labute approximate surface area is 131 Å². The molecule has 0 aliphatic carbocycles. The molecule has 0 aromatic heterocycles. The molecule has 2 unspecified atom stereocenters. The van der Waals surface area contributed by atoms with Gasteiger partial charge in [0, 0.05) is 6.07 Å². The summed E-state index contributed by atoms with van der Waals surface area (Å²) < 4.78 is 17.4. The van der Waals surface area contributed by atoms with E-state index in [0.717, 1.165) is 5.69 Å². The number of morpholine rings is 1. The van der Waals surface area contributed by atoms with Crippen LogP contribution < -0.4 is 4.90 Å². The minimum Gasteiger partial charge on any atom is -0.353 e. The van der Waals surface area contributed by atoms with Crippen molar-refractivity contribution in [3.63, 3.8) is 0 Å². The molecule has 1 heterocycles. The molecular weight excluding hydrogens is 282 g/mol. The maximum absolute atomic E-state index is 9.22. The molecule has 1 fully saturated rings. The third kappa shape index (κ3) is 4.17. The van der Waals surface area contributed by atoms with Crippen molar-refractivity contribution in [1.29, 1.82) is 5.39 Å². The third-order valence-electron chi connectivity index (χ3n) is 3.27. The van der Waals surface area contributed by atoms with Crippen LogP contribution in [0.5, 0.6) is 0 Å². The van der Waals surface area contributed by atoms with Crippen LogP contribution in [-0.4, -0.2) is 37.9 Å². The highest BCUT2D eigenvalue weighted by Gasteiger charge is 2.34. The van der Waals surface area contributed by atoms with Crippen LogP contribution in [0.1, 0.15) is 27.7 Å². The van der Waals surface area contributed by atoms with Crippen molar-refractivity contribution in [2.75, 3.05) is 18.1 Å². The Hall–Kier alpha value is -1.68. The fourth-order valence-electron chi connectivity index (χ4n) is 2.47. The molecule has 0 bridgehead atoms. The van der Waals surface area contributed by atoms with Gasteiger partial charge in [0.25, 0.3) is 0 Å². The molecule has 22 heavy (non-hydrogen) atoms. The predicted octanol–water partition coefficient (Wildman–Crippen LogP) is 3.51. The smallest absolute Gasteiger partial charge is 0.353 e. The lowest BCUT2D eigenvalue weighted by Crippen LogP contribution is -2.53. The van der Waals surface area contributed by atoms with Gasteiger partial charge in [-0.1, -0.05) is 12.1 Å². The van der Waals surface area contributed by atoms with Crippen LogP contribution in [0.25, 0.3) is 4.98 Å². The number of rotatable bonds is 5. The van der Waals surface area contributed by atoms with Crippen molar-refractivity contribution < 1.29 is 14.2 Å². The van der Waals surface area contributed by atoms with Gasteiger partial charge in [-0.3, -0.25) is 0 Å². The molecule has 2 rings (SSSR count). The summed E-state index contributed by atoms with van der Waals surface area (Å²) in [5.41, 5.74) is 1.31. The van der Waals surface area contributed by atoms with E-state index in [-0.39, 0.29) is 24.7 Å². The zero-order valence-electron chi connectivity index (χ0n) is 13.6. The van der Waals surface area contributed by atoms with Crippen LogP contribution in [0, 0.1) is 5.39 Å². The van der Waals surface area contributed by atoms with E-state index in [0.29, 0.717) is 18.8 Å². The van der Waals surface area contributed by atoms with E-state index >= 15 is 0 Å². The van der Waals surface area contributed by atoms with Gasteiger partial charge < -0.3 is 19.1 Å². The Morgan fingerprint density at radius 3 is 2.50 bits per heavy atom. The minimum atomic E-state index is -0.334. The number of ether oxygens (including phenoxy) is 3.